The number of furan rings is 1. The fourth-order valence-electron chi connectivity index (χ4n) is 1.15. The van der Waals surface area contributed by atoms with Crippen molar-refractivity contribution in [3.8, 4) is 0 Å². The van der Waals surface area contributed by atoms with Crippen molar-refractivity contribution in [1.82, 2.24) is 0 Å². The number of hydrogen-bond acceptors (Lipinski definition) is 4. The lowest BCUT2D eigenvalue weighted by atomic mass is 10.1. The Balaban J connectivity index is 2.18. The van der Waals surface area contributed by atoms with E-state index in [4.69, 9.17) is 9.52 Å². The molecule has 0 aliphatic carbocycles. The van der Waals surface area contributed by atoms with Gasteiger partial charge in [-0.25, -0.2) is 0 Å². The van der Waals surface area contributed by atoms with E-state index in [1.54, 1.807) is 0 Å². The van der Waals surface area contributed by atoms with Gasteiger partial charge in [-0.2, -0.15) is 13.2 Å². The van der Waals surface area contributed by atoms with Crippen molar-refractivity contribution < 1.29 is 27.5 Å². The zero-order valence-electron chi connectivity index (χ0n) is 7.28. The molecule has 1 aromatic heterocycles. The Labute approximate surface area is 81.9 Å². The second kappa shape index (κ2) is 2.99. The molecule has 1 aromatic rings. The van der Waals surface area contributed by atoms with Crippen molar-refractivity contribution in [2.45, 2.75) is 18.4 Å². The van der Waals surface area contributed by atoms with Gasteiger partial charge in [0.2, 0.25) is 0 Å². The molecule has 1 N–H and O–H groups in total. The Morgan fingerprint density at radius 2 is 2.20 bits per heavy atom. The zero-order valence-corrected chi connectivity index (χ0v) is 7.28. The molecular formula is C8H6F3NO3. The quantitative estimate of drug-likeness (QED) is 0.784. The summed E-state index contributed by atoms with van der Waals surface area (Å²) in [6.07, 6.45) is -4.36. The van der Waals surface area contributed by atoms with Crippen molar-refractivity contribution in [2.75, 3.05) is 0 Å². The van der Waals surface area contributed by atoms with Crippen LogP contribution in [-0.4, -0.2) is 22.8 Å². The lowest BCUT2D eigenvalue weighted by Gasteiger charge is -2.22. The molecule has 2 heterocycles. The van der Waals surface area contributed by atoms with Crippen LogP contribution in [0.15, 0.2) is 28.0 Å². The van der Waals surface area contributed by atoms with E-state index in [2.05, 4.69) is 9.99 Å². The van der Waals surface area contributed by atoms with Gasteiger partial charge in [-0.1, -0.05) is 5.16 Å². The molecule has 0 saturated heterocycles. The average molecular weight is 221 g/mol. The highest BCUT2D eigenvalue weighted by Gasteiger charge is 2.60. The summed E-state index contributed by atoms with van der Waals surface area (Å²) in [7, 11) is 0. The third-order valence-corrected chi connectivity index (χ3v) is 1.96. The van der Waals surface area contributed by atoms with E-state index < -0.39 is 18.4 Å². The number of nitrogens with zero attached hydrogens (tertiary/aromatic N) is 1. The van der Waals surface area contributed by atoms with Crippen molar-refractivity contribution >= 4 is 5.71 Å². The summed E-state index contributed by atoms with van der Waals surface area (Å²) in [6.45, 7) is 0. The van der Waals surface area contributed by atoms with Crippen molar-refractivity contribution in [2.24, 2.45) is 5.16 Å². The van der Waals surface area contributed by atoms with Crippen LogP contribution in [0.25, 0.3) is 0 Å². The van der Waals surface area contributed by atoms with Crippen molar-refractivity contribution in [3.05, 3.63) is 24.2 Å². The van der Waals surface area contributed by atoms with Gasteiger partial charge in [0.1, 0.15) is 5.71 Å². The van der Waals surface area contributed by atoms with Crippen LogP contribution in [0.2, 0.25) is 0 Å². The van der Waals surface area contributed by atoms with Gasteiger partial charge in [0.05, 0.1) is 12.7 Å². The molecule has 0 saturated carbocycles. The molecule has 0 bridgehead atoms. The van der Waals surface area contributed by atoms with Crippen molar-refractivity contribution in [1.29, 1.82) is 0 Å². The fourth-order valence-corrected chi connectivity index (χ4v) is 1.15. The Morgan fingerprint density at radius 1 is 1.47 bits per heavy atom. The van der Waals surface area contributed by atoms with Gasteiger partial charge < -0.3 is 14.4 Å². The molecule has 0 radical (unpaired) electrons. The molecule has 1 aliphatic heterocycles. The molecule has 7 heteroatoms. The highest BCUT2D eigenvalue weighted by molar-refractivity contribution is 5.99. The Bertz CT molecular complexity index is 384. The highest BCUT2D eigenvalue weighted by Crippen LogP contribution is 2.38. The van der Waals surface area contributed by atoms with Crippen LogP contribution in [0.3, 0.4) is 0 Å². The molecule has 15 heavy (non-hydrogen) atoms. The lowest BCUT2D eigenvalue weighted by Crippen LogP contribution is -2.45. The molecule has 82 valence electrons. The summed E-state index contributed by atoms with van der Waals surface area (Å²) < 4.78 is 41.7. The minimum Gasteiger partial charge on any atom is -0.463 e. The third-order valence-electron chi connectivity index (χ3n) is 1.96. The summed E-state index contributed by atoms with van der Waals surface area (Å²) in [5, 5.41) is 12.2. The number of alkyl halides is 3. The van der Waals surface area contributed by atoms with E-state index in [9.17, 15) is 13.2 Å². The SMILES string of the molecule is O[C@@]1(C(F)(F)F)CC(c2ccco2)=NO1. The fraction of sp³-hybridized carbons (Fsp3) is 0.375. The first kappa shape index (κ1) is 10.0. The monoisotopic (exact) mass is 221 g/mol. The van der Waals surface area contributed by atoms with E-state index in [0.717, 1.165) is 0 Å². The molecule has 2 rings (SSSR count). The van der Waals surface area contributed by atoms with Crippen LogP contribution < -0.4 is 0 Å². The second-order valence-corrected chi connectivity index (χ2v) is 3.07. The maximum Gasteiger partial charge on any atom is 0.458 e. The standard InChI is InChI=1S/C8H6F3NO3/c9-8(10,11)7(13)4-5(12-15-7)6-2-1-3-14-6/h1-3,13H,4H2/t7-/m0/s1. The van der Waals surface area contributed by atoms with E-state index in [0.29, 0.717) is 0 Å². The number of hydrogen-bond donors (Lipinski definition) is 1. The van der Waals surface area contributed by atoms with E-state index in [1.807, 2.05) is 0 Å². The van der Waals surface area contributed by atoms with Gasteiger partial charge in [-0.05, 0) is 12.1 Å². The Kier molecular flexibility index (Phi) is 2.00. The number of aliphatic hydroxyl groups is 1. The largest absolute Gasteiger partial charge is 0.463 e. The first-order valence-electron chi connectivity index (χ1n) is 4.00. The van der Waals surface area contributed by atoms with E-state index in [1.165, 1.54) is 18.4 Å². The first-order valence-corrected chi connectivity index (χ1v) is 4.00. The first-order chi connectivity index (χ1) is 6.92. The maximum absolute atomic E-state index is 12.3. The third kappa shape index (κ3) is 1.58. The van der Waals surface area contributed by atoms with Gasteiger partial charge >= 0.3 is 12.0 Å². The predicted molar refractivity (Wildman–Crippen MR) is 42.0 cm³/mol. The molecule has 1 aliphatic rings. The number of oxime groups is 1. The predicted octanol–water partition coefficient (Wildman–Crippen LogP) is 1.65. The zero-order chi connectivity index (χ0) is 11.1. The minimum atomic E-state index is -4.88. The molecule has 0 amide bonds. The van der Waals surface area contributed by atoms with Gasteiger partial charge in [0, 0.05) is 0 Å². The topological polar surface area (TPSA) is 55.0 Å². The van der Waals surface area contributed by atoms with Crippen LogP contribution in [-0.2, 0) is 4.84 Å². The molecule has 4 nitrogen and oxygen atoms in total. The maximum atomic E-state index is 12.3. The van der Waals surface area contributed by atoms with Crippen LogP contribution >= 0.6 is 0 Å². The van der Waals surface area contributed by atoms with Gasteiger partial charge in [0.25, 0.3) is 0 Å². The van der Waals surface area contributed by atoms with Crippen molar-refractivity contribution in [3.63, 3.8) is 0 Å². The van der Waals surface area contributed by atoms with Crippen LogP contribution in [0.4, 0.5) is 13.2 Å². The Hall–Kier alpha value is -1.50. The number of halogens is 3. The summed E-state index contributed by atoms with van der Waals surface area (Å²) in [6, 6.07) is 2.94. The van der Waals surface area contributed by atoms with Crippen LogP contribution in [0, 0.1) is 0 Å². The lowest BCUT2D eigenvalue weighted by molar-refractivity contribution is -0.355. The summed E-state index contributed by atoms with van der Waals surface area (Å²) in [5.74, 6) is -3.09. The van der Waals surface area contributed by atoms with Gasteiger partial charge in [-0.15, -0.1) is 0 Å². The number of rotatable bonds is 1. The molecular weight excluding hydrogens is 215 g/mol. The molecule has 0 spiro atoms. The molecule has 1 atom stereocenters. The minimum absolute atomic E-state index is 0.0696. The normalized spacial score (nSPS) is 26.3. The van der Waals surface area contributed by atoms with Crippen LogP contribution in [0.1, 0.15) is 12.2 Å². The Morgan fingerprint density at radius 3 is 2.67 bits per heavy atom. The molecule has 0 aromatic carbocycles. The average Bonchev–Trinajstić information content (AvgIpc) is 2.70. The highest BCUT2D eigenvalue weighted by atomic mass is 19.4. The smallest absolute Gasteiger partial charge is 0.458 e. The van der Waals surface area contributed by atoms with E-state index >= 15 is 0 Å². The molecule has 0 fully saturated rings. The van der Waals surface area contributed by atoms with Crippen LogP contribution in [0.5, 0.6) is 0 Å². The molecule has 0 unspecified atom stereocenters. The van der Waals surface area contributed by atoms with E-state index in [-0.39, 0.29) is 11.5 Å². The summed E-state index contributed by atoms with van der Waals surface area (Å²) >= 11 is 0. The summed E-state index contributed by atoms with van der Waals surface area (Å²) in [5.41, 5.74) is -0.0696. The van der Waals surface area contributed by atoms with Gasteiger partial charge in [0.15, 0.2) is 5.76 Å². The van der Waals surface area contributed by atoms with Gasteiger partial charge in [-0.3, -0.25) is 0 Å². The summed E-state index contributed by atoms with van der Waals surface area (Å²) in [4.78, 5) is 4.00. The second-order valence-electron chi connectivity index (χ2n) is 3.07.